The minimum atomic E-state index is 0.758. The van der Waals surface area contributed by atoms with Crippen molar-refractivity contribution in [1.29, 1.82) is 0 Å². The van der Waals surface area contributed by atoms with Gasteiger partial charge in [0.2, 0.25) is 0 Å². The first-order valence-electron chi connectivity index (χ1n) is 6.04. The zero-order valence-electron chi connectivity index (χ0n) is 10.3. The number of unbranched alkanes of at least 4 members (excludes halogenated alkanes) is 1. The van der Waals surface area contributed by atoms with Crippen molar-refractivity contribution >= 4 is 11.4 Å². The first kappa shape index (κ1) is 12.8. The summed E-state index contributed by atoms with van der Waals surface area (Å²) in [6.07, 6.45) is 3.33. The monoisotopic (exact) mass is 222 g/mol. The standard InChI is InChI=1S/C13H22N2O/c1-3-5-10-15(16-11-4-2)13-8-6-12(14)7-9-13/h6-9H,3-5,10-11,14H2,1-2H3. The molecule has 1 rings (SSSR count). The van der Waals surface area contributed by atoms with E-state index in [0.29, 0.717) is 0 Å². The molecule has 0 fully saturated rings. The van der Waals surface area contributed by atoms with Crippen LogP contribution in [0.15, 0.2) is 24.3 Å². The van der Waals surface area contributed by atoms with Crippen LogP contribution in [0.1, 0.15) is 33.1 Å². The average Bonchev–Trinajstić information content (AvgIpc) is 2.31. The first-order chi connectivity index (χ1) is 7.77. The van der Waals surface area contributed by atoms with Crippen molar-refractivity contribution in [1.82, 2.24) is 0 Å². The van der Waals surface area contributed by atoms with Gasteiger partial charge in [-0.15, -0.1) is 0 Å². The van der Waals surface area contributed by atoms with Crippen molar-refractivity contribution < 1.29 is 4.84 Å². The van der Waals surface area contributed by atoms with Crippen molar-refractivity contribution in [2.45, 2.75) is 33.1 Å². The van der Waals surface area contributed by atoms with E-state index in [0.717, 1.165) is 37.4 Å². The quantitative estimate of drug-likeness (QED) is 0.568. The van der Waals surface area contributed by atoms with Gasteiger partial charge >= 0.3 is 0 Å². The summed E-state index contributed by atoms with van der Waals surface area (Å²) in [5.74, 6) is 0. The molecule has 1 aromatic carbocycles. The highest BCUT2D eigenvalue weighted by atomic mass is 16.7. The maximum absolute atomic E-state index is 5.71. The molecule has 0 aliphatic heterocycles. The van der Waals surface area contributed by atoms with E-state index in [2.05, 4.69) is 13.8 Å². The Morgan fingerprint density at radius 3 is 2.38 bits per heavy atom. The van der Waals surface area contributed by atoms with Crippen LogP contribution in [0.4, 0.5) is 11.4 Å². The van der Waals surface area contributed by atoms with Crippen molar-refractivity contribution in [3.05, 3.63) is 24.3 Å². The number of anilines is 2. The molecular formula is C13H22N2O. The highest BCUT2D eigenvalue weighted by Gasteiger charge is 2.05. The summed E-state index contributed by atoms with van der Waals surface area (Å²) in [7, 11) is 0. The molecule has 2 N–H and O–H groups in total. The van der Waals surface area contributed by atoms with E-state index in [4.69, 9.17) is 10.6 Å². The molecule has 0 saturated carbocycles. The van der Waals surface area contributed by atoms with E-state index in [9.17, 15) is 0 Å². The van der Waals surface area contributed by atoms with Gasteiger partial charge in [0.05, 0.1) is 12.3 Å². The fourth-order valence-electron chi connectivity index (χ4n) is 1.41. The SMILES string of the molecule is CCCCN(OCCC)c1ccc(N)cc1. The van der Waals surface area contributed by atoms with Gasteiger partial charge in [0, 0.05) is 12.2 Å². The van der Waals surface area contributed by atoms with E-state index < -0.39 is 0 Å². The van der Waals surface area contributed by atoms with Crippen molar-refractivity contribution in [3.63, 3.8) is 0 Å². The third kappa shape index (κ3) is 4.11. The molecule has 0 aliphatic rings. The minimum Gasteiger partial charge on any atom is -0.399 e. The molecule has 0 bridgehead atoms. The van der Waals surface area contributed by atoms with Crippen LogP contribution in [0.3, 0.4) is 0 Å². The summed E-state index contributed by atoms with van der Waals surface area (Å²) in [5, 5.41) is 1.96. The summed E-state index contributed by atoms with van der Waals surface area (Å²) in [6, 6.07) is 7.81. The second-order valence-corrected chi connectivity index (χ2v) is 3.88. The van der Waals surface area contributed by atoms with Crippen molar-refractivity contribution in [3.8, 4) is 0 Å². The number of nitrogens with two attached hydrogens (primary N) is 1. The number of nitrogen functional groups attached to an aromatic ring is 1. The molecule has 1 aromatic rings. The molecule has 0 aromatic heterocycles. The Bertz CT molecular complexity index is 276. The van der Waals surface area contributed by atoms with Crippen LogP contribution in [-0.2, 0) is 4.84 Å². The fraction of sp³-hybridized carbons (Fsp3) is 0.538. The van der Waals surface area contributed by atoms with Crippen molar-refractivity contribution in [2.75, 3.05) is 23.9 Å². The van der Waals surface area contributed by atoms with Gasteiger partial charge in [-0.05, 0) is 37.1 Å². The Hall–Kier alpha value is -1.22. The van der Waals surface area contributed by atoms with E-state index in [1.165, 1.54) is 6.42 Å². The summed E-state index contributed by atoms with van der Waals surface area (Å²) < 4.78 is 0. The van der Waals surface area contributed by atoms with Crippen molar-refractivity contribution in [2.24, 2.45) is 0 Å². The topological polar surface area (TPSA) is 38.5 Å². The van der Waals surface area contributed by atoms with Gasteiger partial charge < -0.3 is 5.73 Å². The van der Waals surface area contributed by atoms with Crippen LogP contribution < -0.4 is 10.8 Å². The molecule has 0 atom stereocenters. The predicted octanol–water partition coefficient (Wildman–Crippen LogP) is 3.22. The van der Waals surface area contributed by atoms with E-state index in [1.807, 2.05) is 29.3 Å². The molecule has 3 nitrogen and oxygen atoms in total. The number of benzene rings is 1. The lowest BCUT2D eigenvalue weighted by Gasteiger charge is -2.23. The minimum absolute atomic E-state index is 0.758. The van der Waals surface area contributed by atoms with E-state index >= 15 is 0 Å². The number of hydrogen-bond acceptors (Lipinski definition) is 3. The van der Waals surface area contributed by atoms with Gasteiger partial charge in [-0.3, -0.25) is 9.90 Å². The normalized spacial score (nSPS) is 10.4. The highest BCUT2D eigenvalue weighted by Crippen LogP contribution is 2.17. The first-order valence-corrected chi connectivity index (χ1v) is 6.04. The molecule has 16 heavy (non-hydrogen) atoms. The predicted molar refractivity (Wildman–Crippen MR) is 69.4 cm³/mol. The van der Waals surface area contributed by atoms with Gasteiger partial charge in [0.25, 0.3) is 0 Å². The molecule has 90 valence electrons. The zero-order chi connectivity index (χ0) is 11.8. The van der Waals surface area contributed by atoms with Crippen LogP contribution in [0.2, 0.25) is 0 Å². The maximum Gasteiger partial charge on any atom is 0.0746 e. The zero-order valence-corrected chi connectivity index (χ0v) is 10.3. The van der Waals surface area contributed by atoms with Crippen LogP contribution in [0.25, 0.3) is 0 Å². The number of nitrogens with zero attached hydrogens (tertiary/aromatic N) is 1. The number of rotatable bonds is 7. The molecule has 3 heteroatoms. The summed E-state index contributed by atoms with van der Waals surface area (Å²) in [5.41, 5.74) is 7.53. The molecule has 0 aliphatic carbocycles. The van der Waals surface area contributed by atoms with Crippen LogP contribution in [0, 0.1) is 0 Å². The third-order valence-corrected chi connectivity index (χ3v) is 2.35. The molecule has 0 unspecified atom stereocenters. The second-order valence-electron chi connectivity index (χ2n) is 3.88. The highest BCUT2D eigenvalue weighted by molar-refractivity contribution is 5.51. The molecule has 0 amide bonds. The smallest absolute Gasteiger partial charge is 0.0746 e. The Morgan fingerprint density at radius 2 is 1.81 bits per heavy atom. The number of hydroxylamine groups is 1. The van der Waals surface area contributed by atoms with Crippen LogP contribution in [-0.4, -0.2) is 13.2 Å². The Labute approximate surface area is 98.2 Å². The molecule has 0 radical (unpaired) electrons. The maximum atomic E-state index is 5.71. The average molecular weight is 222 g/mol. The Kier molecular flexibility index (Phi) is 5.72. The molecule has 0 saturated heterocycles. The summed E-state index contributed by atoms with van der Waals surface area (Å²) >= 11 is 0. The summed E-state index contributed by atoms with van der Waals surface area (Å²) in [4.78, 5) is 5.71. The van der Waals surface area contributed by atoms with Crippen LogP contribution >= 0.6 is 0 Å². The van der Waals surface area contributed by atoms with Gasteiger partial charge in [0.1, 0.15) is 0 Å². The summed E-state index contributed by atoms with van der Waals surface area (Å²) in [6.45, 7) is 5.98. The van der Waals surface area contributed by atoms with E-state index in [1.54, 1.807) is 0 Å². The van der Waals surface area contributed by atoms with Crippen LogP contribution in [0.5, 0.6) is 0 Å². The Balaban J connectivity index is 2.62. The molecule has 0 spiro atoms. The lowest BCUT2D eigenvalue weighted by molar-refractivity contribution is 0.107. The largest absolute Gasteiger partial charge is 0.399 e. The van der Waals surface area contributed by atoms with E-state index in [-0.39, 0.29) is 0 Å². The fourth-order valence-corrected chi connectivity index (χ4v) is 1.41. The molecule has 0 heterocycles. The van der Waals surface area contributed by atoms with Gasteiger partial charge in [0.15, 0.2) is 0 Å². The lowest BCUT2D eigenvalue weighted by Crippen LogP contribution is -2.25. The third-order valence-electron chi connectivity index (χ3n) is 2.35. The van der Waals surface area contributed by atoms with Gasteiger partial charge in [-0.1, -0.05) is 20.3 Å². The van der Waals surface area contributed by atoms with Gasteiger partial charge in [-0.25, -0.2) is 0 Å². The van der Waals surface area contributed by atoms with Gasteiger partial charge in [-0.2, -0.15) is 0 Å². The molecular weight excluding hydrogens is 200 g/mol. The Morgan fingerprint density at radius 1 is 1.12 bits per heavy atom. The second kappa shape index (κ2) is 7.12. The lowest BCUT2D eigenvalue weighted by atomic mass is 10.2. The number of hydrogen-bond donors (Lipinski definition) is 1.